The molecule has 1 unspecified atom stereocenters. The van der Waals surface area contributed by atoms with Crippen LogP contribution in [0.1, 0.15) is 48.7 Å². The van der Waals surface area contributed by atoms with Gasteiger partial charge in [-0.05, 0) is 44.4 Å². The molecule has 3 nitrogen and oxygen atoms in total. The molecule has 0 aliphatic heterocycles. The number of benzene rings is 1. The van der Waals surface area contributed by atoms with Crippen LogP contribution in [0.4, 0.5) is 10.2 Å². The Kier molecular flexibility index (Phi) is 3.81. The Balaban J connectivity index is 1.86. The summed E-state index contributed by atoms with van der Waals surface area (Å²) in [7, 11) is 0. The van der Waals surface area contributed by atoms with E-state index in [1.807, 2.05) is 19.9 Å². The summed E-state index contributed by atoms with van der Waals surface area (Å²) in [4.78, 5) is 8.93. The lowest BCUT2D eigenvalue weighted by Crippen LogP contribution is -2.11. The fourth-order valence-electron chi connectivity index (χ4n) is 2.23. The number of nitrogens with one attached hydrogen (secondary N) is 1. The van der Waals surface area contributed by atoms with Crippen LogP contribution in [0.3, 0.4) is 0 Å². The zero-order chi connectivity index (χ0) is 15.0. The highest BCUT2D eigenvalue weighted by Crippen LogP contribution is 2.39. The van der Waals surface area contributed by atoms with E-state index in [0.29, 0.717) is 11.1 Å². The van der Waals surface area contributed by atoms with E-state index in [9.17, 15) is 4.39 Å². The Morgan fingerprint density at radius 1 is 1.33 bits per heavy atom. The van der Waals surface area contributed by atoms with Crippen LogP contribution < -0.4 is 5.32 Å². The SMILES string of the molecule is Cc1c(Cl)nc(C2CC2)nc1NC(C)c1cccc(F)c1. The second-order valence-corrected chi connectivity index (χ2v) is 5.90. The maximum atomic E-state index is 13.3. The van der Waals surface area contributed by atoms with Gasteiger partial charge >= 0.3 is 0 Å². The van der Waals surface area contributed by atoms with E-state index >= 15 is 0 Å². The fraction of sp³-hybridized carbons (Fsp3) is 0.375. The van der Waals surface area contributed by atoms with E-state index in [1.165, 1.54) is 12.1 Å². The highest BCUT2D eigenvalue weighted by atomic mass is 35.5. The molecular formula is C16H17ClFN3. The van der Waals surface area contributed by atoms with Gasteiger partial charge in [-0.3, -0.25) is 0 Å². The first-order valence-corrected chi connectivity index (χ1v) is 7.48. The molecule has 0 radical (unpaired) electrons. The van der Waals surface area contributed by atoms with Gasteiger partial charge in [0.15, 0.2) is 0 Å². The Hall–Kier alpha value is -1.68. The molecule has 1 aromatic carbocycles. The maximum absolute atomic E-state index is 13.3. The van der Waals surface area contributed by atoms with Crippen molar-refractivity contribution in [2.45, 2.75) is 38.6 Å². The Morgan fingerprint density at radius 2 is 2.10 bits per heavy atom. The summed E-state index contributed by atoms with van der Waals surface area (Å²) in [5, 5.41) is 3.80. The van der Waals surface area contributed by atoms with Crippen molar-refractivity contribution >= 4 is 17.4 Å². The summed E-state index contributed by atoms with van der Waals surface area (Å²) in [6, 6.07) is 6.50. The van der Waals surface area contributed by atoms with Crippen molar-refractivity contribution in [3.63, 3.8) is 0 Å². The molecule has 1 fully saturated rings. The van der Waals surface area contributed by atoms with Gasteiger partial charge in [0.05, 0.1) is 6.04 Å². The van der Waals surface area contributed by atoms with Gasteiger partial charge in [-0.1, -0.05) is 23.7 Å². The van der Waals surface area contributed by atoms with E-state index in [2.05, 4.69) is 15.3 Å². The van der Waals surface area contributed by atoms with Gasteiger partial charge in [0.1, 0.15) is 22.6 Å². The summed E-state index contributed by atoms with van der Waals surface area (Å²) in [6.07, 6.45) is 2.25. The molecule has 0 saturated heterocycles. The number of nitrogens with zero attached hydrogens (tertiary/aromatic N) is 2. The predicted molar refractivity (Wildman–Crippen MR) is 82.2 cm³/mol. The molecule has 0 bridgehead atoms. The quantitative estimate of drug-likeness (QED) is 0.837. The normalized spacial score (nSPS) is 15.8. The average molecular weight is 306 g/mol. The standard InChI is InChI=1S/C16H17ClFN3/c1-9-14(17)20-16(11-6-7-11)21-15(9)19-10(2)12-4-3-5-13(18)8-12/h3-5,8,10-11H,6-7H2,1-2H3,(H,19,20,21). The molecular weight excluding hydrogens is 289 g/mol. The Morgan fingerprint density at radius 3 is 2.76 bits per heavy atom. The lowest BCUT2D eigenvalue weighted by atomic mass is 10.1. The third-order valence-electron chi connectivity index (χ3n) is 3.75. The van der Waals surface area contributed by atoms with Gasteiger partial charge in [0.2, 0.25) is 0 Å². The van der Waals surface area contributed by atoms with Crippen molar-refractivity contribution in [2.75, 3.05) is 5.32 Å². The first-order valence-electron chi connectivity index (χ1n) is 7.10. The first kappa shape index (κ1) is 14.3. The molecule has 110 valence electrons. The molecule has 1 aliphatic rings. The van der Waals surface area contributed by atoms with Crippen LogP contribution in [0, 0.1) is 12.7 Å². The number of rotatable bonds is 4. The first-order chi connectivity index (χ1) is 10.0. The summed E-state index contributed by atoms with van der Waals surface area (Å²) >= 11 is 6.19. The van der Waals surface area contributed by atoms with E-state index in [4.69, 9.17) is 11.6 Å². The minimum atomic E-state index is -0.239. The molecule has 0 amide bonds. The lowest BCUT2D eigenvalue weighted by Gasteiger charge is -2.17. The largest absolute Gasteiger partial charge is 0.363 e. The summed E-state index contributed by atoms with van der Waals surface area (Å²) < 4.78 is 13.3. The molecule has 1 atom stereocenters. The molecule has 1 aliphatic carbocycles. The number of aromatic nitrogens is 2. The molecule has 3 rings (SSSR count). The molecule has 1 saturated carbocycles. The molecule has 21 heavy (non-hydrogen) atoms. The Bertz CT molecular complexity index is 671. The van der Waals surface area contributed by atoms with Gasteiger partial charge in [-0.2, -0.15) is 0 Å². The van der Waals surface area contributed by atoms with Gasteiger partial charge in [-0.25, -0.2) is 14.4 Å². The van der Waals surface area contributed by atoms with E-state index in [0.717, 1.165) is 35.6 Å². The summed E-state index contributed by atoms with van der Waals surface area (Å²) in [6.45, 7) is 3.86. The van der Waals surface area contributed by atoms with Gasteiger partial charge in [-0.15, -0.1) is 0 Å². The highest BCUT2D eigenvalue weighted by Gasteiger charge is 2.28. The van der Waals surface area contributed by atoms with Gasteiger partial charge in [0.25, 0.3) is 0 Å². The number of hydrogen-bond acceptors (Lipinski definition) is 3. The van der Waals surface area contributed by atoms with Gasteiger partial charge < -0.3 is 5.32 Å². The Labute approximate surface area is 128 Å². The van der Waals surface area contributed by atoms with Crippen molar-refractivity contribution in [1.82, 2.24) is 9.97 Å². The van der Waals surface area contributed by atoms with E-state index in [-0.39, 0.29) is 11.9 Å². The molecule has 1 aromatic heterocycles. The fourth-order valence-corrected chi connectivity index (χ4v) is 2.41. The average Bonchev–Trinajstić information content (AvgIpc) is 3.28. The number of hydrogen-bond donors (Lipinski definition) is 1. The van der Waals surface area contributed by atoms with Gasteiger partial charge in [0, 0.05) is 11.5 Å². The van der Waals surface area contributed by atoms with Crippen LogP contribution in [0.5, 0.6) is 0 Å². The van der Waals surface area contributed by atoms with Crippen molar-refractivity contribution in [3.8, 4) is 0 Å². The number of halogens is 2. The van der Waals surface area contributed by atoms with Crippen molar-refractivity contribution in [2.24, 2.45) is 0 Å². The molecule has 5 heteroatoms. The summed E-state index contributed by atoms with van der Waals surface area (Å²) in [5.41, 5.74) is 1.70. The van der Waals surface area contributed by atoms with Crippen molar-refractivity contribution in [1.29, 1.82) is 0 Å². The van der Waals surface area contributed by atoms with Crippen LogP contribution in [-0.2, 0) is 0 Å². The minimum absolute atomic E-state index is 0.0579. The third kappa shape index (κ3) is 3.16. The van der Waals surface area contributed by atoms with E-state index < -0.39 is 0 Å². The smallest absolute Gasteiger partial charge is 0.137 e. The zero-order valence-corrected chi connectivity index (χ0v) is 12.8. The van der Waals surface area contributed by atoms with E-state index in [1.54, 1.807) is 6.07 Å². The van der Waals surface area contributed by atoms with Crippen molar-refractivity contribution < 1.29 is 4.39 Å². The minimum Gasteiger partial charge on any atom is -0.363 e. The van der Waals surface area contributed by atoms with Crippen LogP contribution in [0.15, 0.2) is 24.3 Å². The zero-order valence-electron chi connectivity index (χ0n) is 12.0. The van der Waals surface area contributed by atoms with Crippen LogP contribution in [0.25, 0.3) is 0 Å². The second kappa shape index (κ2) is 5.60. The third-order valence-corrected chi connectivity index (χ3v) is 4.12. The maximum Gasteiger partial charge on any atom is 0.137 e. The van der Waals surface area contributed by atoms with Crippen LogP contribution in [-0.4, -0.2) is 9.97 Å². The second-order valence-electron chi connectivity index (χ2n) is 5.54. The summed E-state index contributed by atoms with van der Waals surface area (Å²) in [5.74, 6) is 1.73. The monoisotopic (exact) mass is 305 g/mol. The van der Waals surface area contributed by atoms with Crippen LogP contribution >= 0.6 is 11.6 Å². The highest BCUT2D eigenvalue weighted by molar-refractivity contribution is 6.30. The van der Waals surface area contributed by atoms with Crippen LogP contribution in [0.2, 0.25) is 5.15 Å². The molecule has 0 spiro atoms. The molecule has 1 N–H and O–H groups in total. The topological polar surface area (TPSA) is 37.8 Å². The predicted octanol–water partition coefficient (Wildman–Crippen LogP) is 4.63. The molecule has 1 heterocycles. The number of anilines is 1. The lowest BCUT2D eigenvalue weighted by molar-refractivity contribution is 0.623. The van der Waals surface area contributed by atoms with Crippen molar-refractivity contribution in [3.05, 3.63) is 52.2 Å². The molecule has 2 aromatic rings.